The number of furan rings is 1. The van der Waals surface area contributed by atoms with Gasteiger partial charge in [0.1, 0.15) is 41.2 Å². The van der Waals surface area contributed by atoms with Crippen LogP contribution in [-0.2, 0) is 0 Å². The predicted octanol–water partition coefficient (Wildman–Crippen LogP) is 7.03. The van der Waals surface area contributed by atoms with Crippen LogP contribution in [0, 0.1) is 23.7 Å². The second kappa shape index (κ2) is 11.3. The minimum Gasteiger partial charge on any atom is -0.497 e. The van der Waals surface area contributed by atoms with Crippen molar-refractivity contribution in [2.45, 2.75) is 0 Å². The first kappa shape index (κ1) is 24.7. The van der Waals surface area contributed by atoms with Crippen molar-refractivity contribution in [1.29, 1.82) is 5.26 Å². The fourth-order valence-corrected chi connectivity index (χ4v) is 3.97. The smallest absolute Gasteiger partial charge is 0.238 e. The molecule has 0 radical (unpaired) electrons. The van der Waals surface area contributed by atoms with E-state index in [-0.39, 0.29) is 12.5 Å². The lowest BCUT2D eigenvalue weighted by Gasteiger charge is -2.06. The average Bonchev–Trinajstić information content (AvgIpc) is 3.29. The number of nitrogens with zero attached hydrogens (tertiary/aromatic N) is 2. The van der Waals surface area contributed by atoms with Gasteiger partial charge in [0.25, 0.3) is 0 Å². The Morgan fingerprint density at radius 1 is 0.972 bits per heavy atom. The second-order valence-electron chi connectivity index (χ2n) is 7.49. The normalized spacial score (nSPS) is 10.6. The maximum Gasteiger partial charge on any atom is 0.238 e. The van der Waals surface area contributed by atoms with E-state index in [0.717, 1.165) is 15.6 Å². The molecular formula is C29H21BrN2O4. The fourth-order valence-electron chi connectivity index (χ4n) is 3.59. The zero-order chi connectivity index (χ0) is 25.5. The van der Waals surface area contributed by atoms with Crippen LogP contribution in [0.5, 0.6) is 17.2 Å². The van der Waals surface area contributed by atoms with E-state index in [0.29, 0.717) is 39.7 Å². The first-order valence-corrected chi connectivity index (χ1v) is 11.6. The Balaban J connectivity index is 1.85. The zero-order valence-corrected chi connectivity index (χ0v) is 21.2. The summed E-state index contributed by atoms with van der Waals surface area (Å²) in [5.41, 5.74) is 3.19. The molecule has 3 aromatic carbocycles. The van der Waals surface area contributed by atoms with Gasteiger partial charge in [-0.1, -0.05) is 34.0 Å². The highest BCUT2D eigenvalue weighted by molar-refractivity contribution is 9.10. The number of methoxy groups -OCH3 is 2. The molecule has 0 spiro atoms. The number of benzene rings is 3. The minimum atomic E-state index is 0.121. The Kier molecular flexibility index (Phi) is 7.75. The Labute approximate surface area is 217 Å². The van der Waals surface area contributed by atoms with E-state index in [2.05, 4.69) is 32.9 Å². The Morgan fingerprint density at radius 2 is 1.61 bits per heavy atom. The zero-order valence-electron chi connectivity index (χ0n) is 19.6. The van der Waals surface area contributed by atoms with Crippen molar-refractivity contribution < 1.29 is 18.6 Å². The molecule has 0 amide bonds. The van der Waals surface area contributed by atoms with Crippen LogP contribution in [0.25, 0.3) is 22.5 Å². The van der Waals surface area contributed by atoms with Crippen LogP contribution in [0.3, 0.4) is 0 Å². The van der Waals surface area contributed by atoms with Gasteiger partial charge in [0.15, 0.2) is 0 Å². The van der Waals surface area contributed by atoms with E-state index in [1.165, 1.54) is 0 Å². The summed E-state index contributed by atoms with van der Waals surface area (Å²) >= 11 is 3.47. The number of halogens is 1. The van der Waals surface area contributed by atoms with Gasteiger partial charge < -0.3 is 18.6 Å². The van der Waals surface area contributed by atoms with Gasteiger partial charge in [-0.15, -0.1) is 6.42 Å². The molecule has 0 fully saturated rings. The van der Waals surface area contributed by atoms with Gasteiger partial charge in [0, 0.05) is 27.4 Å². The monoisotopic (exact) mass is 540 g/mol. The van der Waals surface area contributed by atoms with Gasteiger partial charge in [0.2, 0.25) is 5.88 Å². The largest absolute Gasteiger partial charge is 0.497 e. The molecule has 4 rings (SSSR count). The van der Waals surface area contributed by atoms with E-state index < -0.39 is 0 Å². The number of ether oxygens (including phenoxy) is 3. The summed E-state index contributed by atoms with van der Waals surface area (Å²) in [4.78, 5) is 4.54. The van der Waals surface area contributed by atoms with Crippen molar-refractivity contribution in [3.63, 3.8) is 0 Å². The second-order valence-corrected chi connectivity index (χ2v) is 8.40. The molecule has 0 aliphatic rings. The van der Waals surface area contributed by atoms with Gasteiger partial charge in [-0.3, -0.25) is 0 Å². The van der Waals surface area contributed by atoms with Gasteiger partial charge in [-0.25, -0.2) is 4.99 Å². The van der Waals surface area contributed by atoms with Crippen LogP contribution in [0.1, 0.15) is 11.1 Å². The topological polar surface area (TPSA) is 77.0 Å². The number of hydrogen-bond donors (Lipinski definition) is 0. The van der Waals surface area contributed by atoms with E-state index in [4.69, 9.17) is 25.1 Å². The van der Waals surface area contributed by atoms with Crippen molar-refractivity contribution in [1.82, 2.24) is 0 Å². The molecule has 0 aliphatic heterocycles. The van der Waals surface area contributed by atoms with Crippen molar-refractivity contribution in [3.8, 4) is 58.1 Å². The maximum absolute atomic E-state index is 10.1. The number of nitriles is 1. The van der Waals surface area contributed by atoms with Crippen LogP contribution in [0.2, 0.25) is 0 Å². The molecule has 7 heteroatoms. The predicted molar refractivity (Wildman–Crippen MR) is 143 cm³/mol. The molecule has 178 valence electrons. The maximum atomic E-state index is 10.1. The Bertz CT molecular complexity index is 1470. The standard InChI is InChI=1S/C29H21BrN2O4/c1-4-15-35-26-14-9-22(30)16-21(26)18-32-29-25(17-31)27(19-5-10-23(33-2)11-6-19)28(36-29)20-7-12-24(34-3)13-8-20/h1,5-14,16,18H,15H2,2-3H3/b32-18+. The first-order valence-electron chi connectivity index (χ1n) is 10.8. The summed E-state index contributed by atoms with van der Waals surface area (Å²) in [6.07, 6.45) is 6.93. The van der Waals surface area contributed by atoms with E-state index in [1.54, 1.807) is 26.5 Å². The minimum absolute atomic E-state index is 0.121. The lowest BCUT2D eigenvalue weighted by Crippen LogP contribution is -1.97. The molecule has 0 saturated carbocycles. The van der Waals surface area contributed by atoms with E-state index in [1.807, 2.05) is 60.7 Å². The highest BCUT2D eigenvalue weighted by Gasteiger charge is 2.23. The van der Waals surface area contributed by atoms with Crippen LogP contribution in [0.15, 0.2) is 80.6 Å². The van der Waals surface area contributed by atoms with Gasteiger partial charge in [-0.05, 0) is 60.2 Å². The van der Waals surface area contributed by atoms with Crippen LogP contribution < -0.4 is 14.2 Å². The molecule has 0 saturated heterocycles. The third-order valence-corrected chi connectivity index (χ3v) is 5.83. The van der Waals surface area contributed by atoms with Gasteiger partial charge in [-0.2, -0.15) is 5.26 Å². The number of hydrogen-bond acceptors (Lipinski definition) is 6. The van der Waals surface area contributed by atoms with Crippen molar-refractivity contribution in [2.75, 3.05) is 20.8 Å². The molecule has 0 aliphatic carbocycles. The molecule has 0 N–H and O–H groups in total. The summed E-state index contributed by atoms with van der Waals surface area (Å²) in [5, 5.41) is 10.1. The van der Waals surface area contributed by atoms with Crippen LogP contribution >= 0.6 is 15.9 Å². The third kappa shape index (κ3) is 5.27. The van der Waals surface area contributed by atoms with Crippen molar-refractivity contribution in [2.24, 2.45) is 4.99 Å². The van der Waals surface area contributed by atoms with Gasteiger partial charge in [0.05, 0.1) is 14.2 Å². The summed E-state index contributed by atoms with van der Waals surface area (Å²) in [5.74, 6) is 5.14. The van der Waals surface area contributed by atoms with Crippen molar-refractivity contribution >= 4 is 28.0 Å². The molecular weight excluding hydrogens is 520 g/mol. The lowest BCUT2D eigenvalue weighted by atomic mass is 9.98. The summed E-state index contributed by atoms with van der Waals surface area (Å²) in [7, 11) is 3.21. The Hall–Kier alpha value is -4.46. The number of rotatable bonds is 8. The van der Waals surface area contributed by atoms with Crippen LogP contribution in [0.4, 0.5) is 5.88 Å². The molecule has 0 unspecified atom stereocenters. The first-order chi connectivity index (χ1) is 17.6. The molecule has 1 aromatic heterocycles. The van der Waals surface area contributed by atoms with Gasteiger partial charge >= 0.3 is 0 Å². The molecule has 1 heterocycles. The lowest BCUT2D eigenvalue weighted by molar-refractivity contribution is 0.370. The molecule has 0 bridgehead atoms. The molecule has 6 nitrogen and oxygen atoms in total. The fraction of sp³-hybridized carbons (Fsp3) is 0.103. The molecule has 36 heavy (non-hydrogen) atoms. The average molecular weight is 541 g/mol. The third-order valence-electron chi connectivity index (χ3n) is 5.34. The van der Waals surface area contributed by atoms with Crippen LogP contribution in [-0.4, -0.2) is 27.0 Å². The molecule has 4 aromatic rings. The quantitative estimate of drug-likeness (QED) is 0.177. The van der Waals surface area contributed by atoms with Crippen molar-refractivity contribution in [3.05, 3.63) is 82.3 Å². The Morgan fingerprint density at radius 3 is 2.19 bits per heavy atom. The highest BCUT2D eigenvalue weighted by atomic mass is 79.9. The number of aliphatic imine (C=N–C) groups is 1. The van der Waals surface area contributed by atoms with E-state index in [9.17, 15) is 5.26 Å². The highest BCUT2D eigenvalue weighted by Crippen LogP contribution is 2.43. The summed E-state index contributed by atoms with van der Waals surface area (Å²) < 4.78 is 23.2. The summed E-state index contributed by atoms with van der Waals surface area (Å²) in [6, 6.07) is 22.6. The number of terminal acetylenes is 1. The van der Waals surface area contributed by atoms with E-state index >= 15 is 0 Å². The molecule has 0 atom stereocenters. The SMILES string of the molecule is C#CCOc1ccc(Br)cc1/C=N/c1oc(-c2ccc(OC)cc2)c(-c2ccc(OC)cc2)c1C#N. The summed E-state index contributed by atoms with van der Waals surface area (Å²) in [6.45, 7) is 0.121.